The van der Waals surface area contributed by atoms with E-state index in [1.807, 2.05) is 0 Å². The zero-order valence-corrected chi connectivity index (χ0v) is 12.6. The summed E-state index contributed by atoms with van der Waals surface area (Å²) in [5.41, 5.74) is 0. The van der Waals surface area contributed by atoms with E-state index in [0.717, 1.165) is 44.1 Å². The molecule has 2 saturated carbocycles. The van der Waals surface area contributed by atoms with Crippen molar-refractivity contribution in [2.24, 2.45) is 17.8 Å². The molecule has 3 heteroatoms. The monoisotopic (exact) mass is 266 g/mol. The molecule has 0 aromatic carbocycles. The summed E-state index contributed by atoms with van der Waals surface area (Å²) in [6.07, 6.45) is 6.06. The van der Waals surface area contributed by atoms with Gasteiger partial charge in [-0.3, -0.25) is 4.90 Å². The van der Waals surface area contributed by atoms with Gasteiger partial charge in [-0.15, -0.1) is 0 Å². The van der Waals surface area contributed by atoms with Crippen molar-refractivity contribution in [3.05, 3.63) is 0 Å². The summed E-state index contributed by atoms with van der Waals surface area (Å²) in [5, 5.41) is 3.58. The molecule has 4 unspecified atom stereocenters. The maximum absolute atomic E-state index is 5.69. The Morgan fingerprint density at radius 2 is 2.16 bits per heavy atom. The molecule has 3 rings (SSSR count). The number of fused-ring (bicyclic) bond motifs is 2. The largest absolute Gasteiger partial charge is 0.378 e. The van der Waals surface area contributed by atoms with Crippen LogP contribution >= 0.6 is 0 Å². The van der Waals surface area contributed by atoms with Crippen LogP contribution < -0.4 is 5.32 Å². The molecule has 0 amide bonds. The van der Waals surface area contributed by atoms with Gasteiger partial charge in [0.2, 0.25) is 0 Å². The Kier molecular flexibility index (Phi) is 4.45. The molecular formula is C16H30N2O. The average molecular weight is 266 g/mol. The third kappa shape index (κ3) is 3.32. The highest BCUT2D eigenvalue weighted by molar-refractivity contribution is 4.92. The van der Waals surface area contributed by atoms with E-state index in [1.54, 1.807) is 0 Å². The van der Waals surface area contributed by atoms with Crippen LogP contribution in [0.5, 0.6) is 0 Å². The lowest BCUT2D eigenvalue weighted by atomic mass is 9.88. The quantitative estimate of drug-likeness (QED) is 0.825. The van der Waals surface area contributed by atoms with Crippen LogP contribution in [0.2, 0.25) is 0 Å². The van der Waals surface area contributed by atoms with Crippen LogP contribution in [0, 0.1) is 17.8 Å². The zero-order chi connectivity index (χ0) is 13.2. The topological polar surface area (TPSA) is 24.5 Å². The van der Waals surface area contributed by atoms with E-state index in [0.29, 0.717) is 12.1 Å². The number of morpholine rings is 1. The number of hydrogen-bond donors (Lipinski definition) is 1. The van der Waals surface area contributed by atoms with Gasteiger partial charge in [-0.1, -0.05) is 20.3 Å². The van der Waals surface area contributed by atoms with Crippen LogP contribution in [-0.2, 0) is 4.74 Å². The van der Waals surface area contributed by atoms with Gasteiger partial charge < -0.3 is 10.1 Å². The van der Waals surface area contributed by atoms with E-state index in [1.165, 1.54) is 32.2 Å². The Morgan fingerprint density at radius 1 is 1.26 bits per heavy atom. The Bertz CT molecular complexity index is 294. The van der Waals surface area contributed by atoms with Gasteiger partial charge in [-0.2, -0.15) is 0 Å². The summed E-state index contributed by atoms with van der Waals surface area (Å²) in [6, 6.07) is 1.17. The van der Waals surface area contributed by atoms with Crippen molar-refractivity contribution in [3.8, 4) is 0 Å². The summed E-state index contributed by atoms with van der Waals surface area (Å²) in [4.78, 5) is 2.71. The van der Waals surface area contributed by atoms with Crippen LogP contribution in [0.1, 0.15) is 39.5 Å². The van der Waals surface area contributed by atoms with Gasteiger partial charge in [0.25, 0.3) is 0 Å². The van der Waals surface area contributed by atoms with Gasteiger partial charge in [0.1, 0.15) is 0 Å². The highest BCUT2D eigenvalue weighted by atomic mass is 16.5. The van der Waals surface area contributed by atoms with E-state index in [4.69, 9.17) is 4.74 Å². The minimum absolute atomic E-state index is 0.575. The Hall–Kier alpha value is -0.120. The minimum Gasteiger partial charge on any atom is -0.378 e. The van der Waals surface area contributed by atoms with Crippen molar-refractivity contribution in [2.75, 3.05) is 32.8 Å². The molecule has 1 heterocycles. The standard InChI is InChI=1S/C16H30N2O/c1-12(2)17-9-16-11-19-6-5-18(16)10-15-8-13-3-4-14(15)7-13/h12-17H,3-11H2,1-2H3. The summed E-state index contributed by atoms with van der Waals surface area (Å²) in [5.74, 6) is 3.10. The third-order valence-electron chi connectivity index (χ3n) is 5.46. The first-order valence-corrected chi connectivity index (χ1v) is 8.27. The molecule has 4 atom stereocenters. The molecule has 1 aliphatic heterocycles. The van der Waals surface area contributed by atoms with E-state index in [-0.39, 0.29) is 0 Å². The molecule has 3 nitrogen and oxygen atoms in total. The number of nitrogens with zero attached hydrogens (tertiary/aromatic N) is 1. The Labute approximate surface area is 118 Å². The maximum atomic E-state index is 5.69. The van der Waals surface area contributed by atoms with E-state index < -0.39 is 0 Å². The molecule has 3 fully saturated rings. The van der Waals surface area contributed by atoms with E-state index in [9.17, 15) is 0 Å². The lowest BCUT2D eigenvalue weighted by Crippen LogP contribution is -2.52. The SMILES string of the molecule is CC(C)NCC1COCCN1CC1CC2CCC1C2. The Morgan fingerprint density at radius 3 is 2.84 bits per heavy atom. The van der Waals surface area contributed by atoms with Crippen molar-refractivity contribution >= 4 is 0 Å². The van der Waals surface area contributed by atoms with Gasteiger partial charge in [0.05, 0.1) is 13.2 Å². The van der Waals surface area contributed by atoms with Crippen molar-refractivity contribution in [2.45, 2.75) is 51.6 Å². The van der Waals surface area contributed by atoms with Crippen LogP contribution in [0.3, 0.4) is 0 Å². The predicted molar refractivity (Wildman–Crippen MR) is 78.3 cm³/mol. The third-order valence-corrected chi connectivity index (χ3v) is 5.46. The second-order valence-electron chi connectivity index (χ2n) is 7.22. The molecule has 2 aliphatic carbocycles. The number of rotatable bonds is 5. The highest BCUT2D eigenvalue weighted by Crippen LogP contribution is 2.48. The molecule has 1 saturated heterocycles. The second-order valence-corrected chi connectivity index (χ2v) is 7.22. The van der Waals surface area contributed by atoms with Crippen molar-refractivity contribution in [1.82, 2.24) is 10.2 Å². The zero-order valence-electron chi connectivity index (χ0n) is 12.6. The molecule has 3 aliphatic rings. The first kappa shape index (κ1) is 13.8. The van der Waals surface area contributed by atoms with E-state index >= 15 is 0 Å². The van der Waals surface area contributed by atoms with Crippen LogP contribution in [0.4, 0.5) is 0 Å². The maximum Gasteiger partial charge on any atom is 0.0634 e. The number of nitrogens with one attached hydrogen (secondary N) is 1. The first-order chi connectivity index (χ1) is 9.22. The lowest BCUT2D eigenvalue weighted by Gasteiger charge is -2.39. The van der Waals surface area contributed by atoms with Crippen molar-refractivity contribution in [3.63, 3.8) is 0 Å². The molecular weight excluding hydrogens is 236 g/mol. The van der Waals surface area contributed by atoms with Gasteiger partial charge >= 0.3 is 0 Å². The van der Waals surface area contributed by atoms with Crippen molar-refractivity contribution < 1.29 is 4.74 Å². The summed E-state index contributed by atoms with van der Waals surface area (Å²) in [6.45, 7) is 9.85. The van der Waals surface area contributed by atoms with Gasteiger partial charge in [-0.25, -0.2) is 0 Å². The fraction of sp³-hybridized carbons (Fsp3) is 1.00. The highest BCUT2D eigenvalue weighted by Gasteiger charge is 2.40. The molecule has 0 radical (unpaired) electrons. The van der Waals surface area contributed by atoms with Gasteiger partial charge in [0, 0.05) is 31.7 Å². The van der Waals surface area contributed by atoms with Crippen LogP contribution in [0.25, 0.3) is 0 Å². The molecule has 1 N–H and O–H groups in total. The molecule has 0 aromatic rings. The number of hydrogen-bond acceptors (Lipinski definition) is 3. The van der Waals surface area contributed by atoms with Crippen molar-refractivity contribution in [1.29, 1.82) is 0 Å². The molecule has 0 aromatic heterocycles. The smallest absolute Gasteiger partial charge is 0.0634 e. The molecule has 110 valence electrons. The van der Waals surface area contributed by atoms with Crippen LogP contribution in [0.15, 0.2) is 0 Å². The van der Waals surface area contributed by atoms with E-state index in [2.05, 4.69) is 24.1 Å². The predicted octanol–water partition coefficient (Wildman–Crippen LogP) is 2.12. The van der Waals surface area contributed by atoms with Crippen LogP contribution in [-0.4, -0.2) is 49.8 Å². The Balaban J connectivity index is 1.52. The number of ether oxygens (including phenoxy) is 1. The summed E-state index contributed by atoms with van der Waals surface area (Å²) in [7, 11) is 0. The summed E-state index contributed by atoms with van der Waals surface area (Å²) < 4.78 is 5.69. The second kappa shape index (κ2) is 6.11. The fourth-order valence-electron chi connectivity index (χ4n) is 4.39. The average Bonchev–Trinajstić information content (AvgIpc) is 3.00. The van der Waals surface area contributed by atoms with Gasteiger partial charge in [-0.05, 0) is 37.0 Å². The molecule has 19 heavy (non-hydrogen) atoms. The molecule has 0 spiro atoms. The lowest BCUT2D eigenvalue weighted by molar-refractivity contribution is -0.0177. The fourth-order valence-corrected chi connectivity index (χ4v) is 4.39. The first-order valence-electron chi connectivity index (χ1n) is 8.27. The molecule has 2 bridgehead atoms. The minimum atomic E-state index is 0.575. The van der Waals surface area contributed by atoms with Gasteiger partial charge in [0.15, 0.2) is 0 Å². The normalized spacial score (nSPS) is 39.3. The summed E-state index contributed by atoms with van der Waals surface area (Å²) >= 11 is 0.